The third-order valence-electron chi connectivity index (χ3n) is 6.26. The minimum Gasteiger partial charge on any atom is -0.497 e. The third-order valence-corrected chi connectivity index (χ3v) is 8.06. The minimum absolute atomic E-state index is 0.00459. The van der Waals surface area contributed by atoms with Crippen molar-refractivity contribution in [3.63, 3.8) is 0 Å². The number of esters is 1. The number of halogens is 4. The van der Waals surface area contributed by atoms with Gasteiger partial charge in [-0.2, -0.15) is 0 Å². The number of ether oxygens (including phenoxy) is 2. The van der Waals surface area contributed by atoms with Gasteiger partial charge in [-0.15, -0.1) is 0 Å². The van der Waals surface area contributed by atoms with Crippen LogP contribution in [-0.2, 0) is 9.59 Å². The highest BCUT2D eigenvalue weighted by molar-refractivity contribution is 6.56. The van der Waals surface area contributed by atoms with Crippen LogP contribution < -0.4 is 19.3 Å². The number of nitrogens with zero attached hydrogens (tertiary/aromatic N) is 2. The minimum atomic E-state index is -0.719. The van der Waals surface area contributed by atoms with E-state index in [1.807, 2.05) is 0 Å². The fourth-order valence-corrected chi connectivity index (χ4v) is 5.34. The van der Waals surface area contributed by atoms with Crippen LogP contribution in [0.15, 0.2) is 48.5 Å². The molecule has 0 radical (unpaired) electrons. The van der Waals surface area contributed by atoms with Crippen molar-refractivity contribution in [2.24, 2.45) is 5.92 Å². The lowest BCUT2D eigenvalue weighted by Gasteiger charge is -2.17. The van der Waals surface area contributed by atoms with E-state index in [0.29, 0.717) is 11.4 Å². The molecular weight excluding hydrogens is 578 g/mol. The molecule has 3 amide bonds. The van der Waals surface area contributed by atoms with E-state index in [2.05, 4.69) is 0 Å². The van der Waals surface area contributed by atoms with Crippen LogP contribution in [-0.4, -0.2) is 37.3 Å². The third kappa shape index (κ3) is 4.37. The Bertz CT molecular complexity index is 1460. The standard InChI is InChI=1S/C26H16Cl4N2O6/c1-37-15-6-2-13(3-7-15)31-11-12(10-17(31)33)26(36)38-16-8-4-14(5-9-16)32-24(34)18-19(25(32)35)21(28)23(30)22(29)20(18)27/h2-9,12H,10-11H2,1H3/t12-/m0/s1. The van der Waals surface area contributed by atoms with Crippen LogP contribution in [0.4, 0.5) is 11.4 Å². The highest BCUT2D eigenvalue weighted by atomic mass is 35.5. The Hall–Kier alpha value is -3.30. The second kappa shape index (κ2) is 10.1. The van der Waals surface area contributed by atoms with Gasteiger partial charge in [-0.1, -0.05) is 46.4 Å². The van der Waals surface area contributed by atoms with E-state index in [4.69, 9.17) is 55.9 Å². The number of benzene rings is 3. The van der Waals surface area contributed by atoms with Crippen LogP contribution in [0, 0.1) is 5.92 Å². The second-order valence-electron chi connectivity index (χ2n) is 8.47. The molecule has 1 saturated heterocycles. The Labute approximate surface area is 236 Å². The maximum atomic E-state index is 13.0. The summed E-state index contributed by atoms with van der Waals surface area (Å²) in [4.78, 5) is 53.7. The first-order valence-corrected chi connectivity index (χ1v) is 12.6. The van der Waals surface area contributed by atoms with Crippen molar-refractivity contribution >= 4 is 81.5 Å². The van der Waals surface area contributed by atoms with Gasteiger partial charge < -0.3 is 14.4 Å². The second-order valence-corrected chi connectivity index (χ2v) is 9.98. The Morgan fingerprint density at radius 2 is 1.26 bits per heavy atom. The van der Waals surface area contributed by atoms with Gasteiger partial charge >= 0.3 is 5.97 Å². The van der Waals surface area contributed by atoms with Gasteiger partial charge in [-0.3, -0.25) is 19.2 Å². The summed E-state index contributed by atoms with van der Waals surface area (Å²) >= 11 is 24.5. The molecule has 38 heavy (non-hydrogen) atoms. The first-order valence-electron chi connectivity index (χ1n) is 11.1. The molecule has 194 valence electrons. The number of carbonyl (C=O) groups is 4. The van der Waals surface area contributed by atoms with Gasteiger partial charge in [0.2, 0.25) is 5.91 Å². The summed E-state index contributed by atoms with van der Waals surface area (Å²) in [5.74, 6) is -2.06. The molecule has 2 aliphatic rings. The summed E-state index contributed by atoms with van der Waals surface area (Å²) in [7, 11) is 1.55. The smallest absolute Gasteiger partial charge is 0.316 e. The molecule has 3 aromatic carbocycles. The van der Waals surface area contributed by atoms with Crippen molar-refractivity contribution in [2.45, 2.75) is 6.42 Å². The maximum Gasteiger partial charge on any atom is 0.316 e. The zero-order valence-electron chi connectivity index (χ0n) is 19.5. The van der Waals surface area contributed by atoms with E-state index in [0.717, 1.165) is 4.90 Å². The average Bonchev–Trinajstić information content (AvgIpc) is 3.43. The molecule has 0 aliphatic carbocycles. The molecule has 0 spiro atoms. The topological polar surface area (TPSA) is 93.2 Å². The monoisotopic (exact) mass is 592 g/mol. The Kier molecular flexibility index (Phi) is 7.00. The van der Waals surface area contributed by atoms with Crippen molar-refractivity contribution in [1.82, 2.24) is 0 Å². The molecule has 0 bridgehead atoms. The Morgan fingerprint density at radius 3 is 1.79 bits per heavy atom. The van der Waals surface area contributed by atoms with Gasteiger partial charge in [0.05, 0.1) is 49.9 Å². The van der Waals surface area contributed by atoms with Crippen molar-refractivity contribution in [3.8, 4) is 11.5 Å². The van der Waals surface area contributed by atoms with Gasteiger partial charge in [0.1, 0.15) is 11.5 Å². The maximum absolute atomic E-state index is 13.0. The molecular formula is C26H16Cl4N2O6. The van der Waals surface area contributed by atoms with Crippen molar-refractivity contribution in [2.75, 3.05) is 23.5 Å². The molecule has 8 nitrogen and oxygen atoms in total. The lowest BCUT2D eigenvalue weighted by molar-refractivity contribution is -0.139. The summed E-state index contributed by atoms with van der Waals surface area (Å²) in [5, 5.41) is -0.592. The number of anilines is 2. The van der Waals surface area contributed by atoms with Crippen LogP contribution >= 0.6 is 46.4 Å². The molecule has 1 atom stereocenters. The van der Waals surface area contributed by atoms with Crippen molar-refractivity contribution in [1.29, 1.82) is 0 Å². The number of carbonyl (C=O) groups excluding carboxylic acids is 4. The molecule has 0 aromatic heterocycles. The quantitative estimate of drug-likeness (QED) is 0.117. The number of fused-ring (bicyclic) bond motifs is 1. The summed E-state index contributed by atoms with van der Waals surface area (Å²) in [6, 6.07) is 12.7. The van der Waals surface area contributed by atoms with E-state index in [1.165, 1.54) is 29.2 Å². The summed E-state index contributed by atoms with van der Waals surface area (Å²) < 4.78 is 10.6. The van der Waals surface area contributed by atoms with Gasteiger partial charge in [0, 0.05) is 18.7 Å². The molecule has 3 aromatic rings. The molecule has 0 unspecified atom stereocenters. The summed E-state index contributed by atoms with van der Waals surface area (Å²) in [5.41, 5.74) is 0.564. The fourth-order valence-electron chi connectivity index (χ4n) is 4.32. The van der Waals surface area contributed by atoms with Crippen LogP contribution in [0.2, 0.25) is 20.1 Å². The number of hydrogen-bond acceptors (Lipinski definition) is 6. The number of methoxy groups -OCH3 is 1. The van der Waals surface area contributed by atoms with Crippen LogP contribution in [0.3, 0.4) is 0 Å². The van der Waals surface area contributed by atoms with Gasteiger partial charge in [0.25, 0.3) is 11.8 Å². The molecule has 5 rings (SSSR count). The summed E-state index contributed by atoms with van der Waals surface area (Å²) in [6.45, 7) is 0.170. The Morgan fingerprint density at radius 1 is 0.763 bits per heavy atom. The zero-order chi connectivity index (χ0) is 27.3. The van der Waals surface area contributed by atoms with Crippen molar-refractivity contribution in [3.05, 3.63) is 79.7 Å². The Balaban J connectivity index is 1.29. The molecule has 1 fully saturated rings. The van der Waals surface area contributed by atoms with Gasteiger partial charge in [-0.25, -0.2) is 4.90 Å². The average molecular weight is 594 g/mol. The number of rotatable bonds is 5. The van der Waals surface area contributed by atoms with E-state index in [-0.39, 0.29) is 61.5 Å². The number of hydrogen-bond donors (Lipinski definition) is 0. The molecule has 2 aliphatic heterocycles. The van der Waals surface area contributed by atoms with E-state index in [1.54, 1.807) is 31.4 Å². The molecule has 0 N–H and O–H groups in total. The van der Waals surface area contributed by atoms with Crippen LogP contribution in [0.5, 0.6) is 11.5 Å². The van der Waals surface area contributed by atoms with Crippen LogP contribution in [0.25, 0.3) is 0 Å². The first-order chi connectivity index (χ1) is 18.1. The molecule has 12 heteroatoms. The van der Waals surface area contributed by atoms with E-state index >= 15 is 0 Å². The predicted molar refractivity (Wildman–Crippen MR) is 143 cm³/mol. The number of amides is 3. The lowest BCUT2D eigenvalue weighted by atomic mass is 10.1. The zero-order valence-corrected chi connectivity index (χ0v) is 22.5. The highest BCUT2D eigenvalue weighted by Gasteiger charge is 2.42. The van der Waals surface area contributed by atoms with E-state index in [9.17, 15) is 19.2 Å². The lowest BCUT2D eigenvalue weighted by Crippen LogP contribution is -2.29. The van der Waals surface area contributed by atoms with Crippen LogP contribution in [0.1, 0.15) is 27.1 Å². The normalized spacial score (nSPS) is 16.8. The van der Waals surface area contributed by atoms with Gasteiger partial charge in [0.15, 0.2) is 0 Å². The number of imide groups is 1. The fraction of sp³-hybridized carbons (Fsp3) is 0.154. The first kappa shape index (κ1) is 26.3. The van der Waals surface area contributed by atoms with E-state index < -0.39 is 23.7 Å². The summed E-state index contributed by atoms with van der Waals surface area (Å²) in [6.07, 6.45) is 0.00459. The van der Waals surface area contributed by atoms with Gasteiger partial charge in [-0.05, 0) is 48.5 Å². The SMILES string of the molecule is COc1ccc(N2C[C@@H](C(=O)Oc3ccc(N4C(=O)c5c(Cl)c(Cl)c(Cl)c(Cl)c5C4=O)cc3)CC2=O)cc1. The molecule has 2 heterocycles. The molecule has 0 saturated carbocycles. The largest absolute Gasteiger partial charge is 0.497 e. The highest BCUT2D eigenvalue weighted by Crippen LogP contribution is 2.45. The predicted octanol–water partition coefficient (Wildman–Crippen LogP) is 6.07. The van der Waals surface area contributed by atoms with Crippen molar-refractivity contribution < 1.29 is 28.7 Å².